The van der Waals surface area contributed by atoms with Crippen LogP contribution < -0.4 is 0 Å². The Balaban J connectivity index is 1.49. The van der Waals surface area contributed by atoms with Crippen LogP contribution in [0.15, 0.2) is 0 Å². The van der Waals surface area contributed by atoms with Gasteiger partial charge in [0, 0.05) is 13.2 Å². The van der Waals surface area contributed by atoms with Crippen molar-refractivity contribution in [2.75, 3.05) is 13.2 Å². The molecule has 0 heterocycles. The van der Waals surface area contributed by atoms with Crippen LogP contribution in [0.2, 0.25) is 0 Å². The van der Waals surface area contributed by atoms with Crippen LogP contribution in [0.5, 0.6) is 0 Å². The first-order chi connectivity index (χ1) is 12.3. The van der Waals surface area contributed by atoms with Crippen LogP contribution in [-0.4, -0.2) is 13.2 Å². The Labute approximate surface area is 158 Å². The van der Waals surface area contributed by atoms with Gasteiger partial charge in [0.25, 0.3) is 0 Å². The van der Waals surface area contributed by atoms with Crippen LogP contribution in [0.4, 0.5) is 0 Å². The second-order valence-electron chi connectivity index (χ2n) is 9.13. The van der Waals surface area contributed by atoms with Gasteiger partial charge in [-0.05, 0) is 69.1 Å². The maximum Gasteiger partial charge on any atom is 0.0494 e. The third-order valence-electron chi connectivity index (χ3n) is 7.22. The minimum absolute atomic E-state index is 0.866. The quantitative estimate of drug-likeness (QED) is 0.326. The topological polar surface area (TPSA) is 9.23 Å². The predicted molar refractivity (Wildman–Crippen MR) is 110 cm³/mol. The molecule has 2 rings (SSSR count). The van der Waals surface area contributed by atoms with E-state index in [1.807, 2.05) is 0 Å². The molecule has 0 aromatic heterocycles. The van der Waals surface area contributed by atoms with E-state index in [0.29, 0.717) is 0 Å². The minimum atomic E-state index is 0.866. The van der Waals surface area contributed by atoms with E-state index in [-0.39, 0.29) is 0 Å². The molecule has 2 saturated carbocycles. The van der Waals surface area contributed by atoms with E-state index in [2.05, 4.69) is 13.8 Å². The molecule has 0 aromatic rings. The molecule has 0 atom stereocenters. The van der Waals surface area contributed by atoms with Crippen LogP contribution >= 0.6 is 0 Å². The van der Waals surface area contributed by atoms with Crippen molar-refractivity contribution in [1.82, 2.24) is 0 Å². The molecular formula is C24H46O. The number of hydrogen-bond donors (Lipinski definition) is 0. The van der Waals surface area contributed by atoms with Crippen molar-refractivity contribution in [3.8, 4) is 0 Å². The zero-order valence-corrected chi connectivity index (χ0v) is 17.4. The molecule has 2 fully saturated rings. The van der Waals surface area contributed by atoms with Crippen molar-refractivity contribution in [2.45, 2.75) is 117 Å². The zero-order chi connectivity index (χ0) is 17.7. The predicted octanol–water partition coefficient (Wildman–Crippen LogP) is 7.78. The zero-order valence-electron chi connectivity index (χ0n) is 17.4. The van der Waals surface area contributed by atoms with Gasteiger partial charge in [0.2, 0.25) is 0 Å². The lowest BCUT2D eigenvalue weighted by molar-refractivity contribution is 0.0710. The molecule has 0 spiro atoms. The average Bonchev–Trinajstić information content (AvgIpc) is 2.66. The Morgan fingerprint density at radius 2 is 1.12 bits per heavy atom. The summed E-state index contributed by atoms with van der Waals surface area (Å²) in [6, 6.07) is 0. The fraction of sp³-hybridized carbons (Fsp3) is 1.00. The Morgan fingerprint density at radius 3 is 1.68 bits per heavy atom. The van der Waals surface area contributed by atoms with Gasteiger partial charge >= 0.3 is 0 Å². The molecule has 2 aliphatic carbocycles. The van der Waals surface area contributed by atoms with Crippen LogP contribution in [-0.2, 0) is 4.74 Å². The highest BCUT2D eigenvalue weighted by Crippen LogP contribution is 2.42. The molecule has 1 heteroatoms. The van der Waals surface area contributed by atoms with Crippen molar-refractivity contribution >= 4 is 0 Å². The van der Waals surface area contributed by atoms with Gasteiger partial charge in [0.1, 0.15) is 0 Å². The lowest BCUT2D eigenvalue weighted by Crippen LogP contribution is -2.27. The second-order valence-corrected chi connectivity index (χ2v) is 9.13. The van der Waals surface area contributed by atoms with E-state index in [4.69, 9.17) is 4.74 Å². The molecule has 0 bridgehead atoms. The van der Waals surface area contributed by atoms with Gasteiger partial charge in [0.05, 0.1) is 0 Å². The smallest absolute Gasteiger partial charge is 0.0494 e. The van der Waals surface area contributed by atoms with Gasteiger partial charge in [-0.3, -0.25) is 0 Å². The monoisotopic (exact) mass is 350 g/mol. The van der Waals surface area contributed by atoms with Crippen LogP contribution in [0.3, 0.4) is 0 Å². The van der Waals surface area contributed by atoms with Gasteiger partial charge in [0.15, 0.2) is 0 Å². The standard InChI is InChI=1S/C24H46O/c1-3-5-6-7-8-9-10-11-21-12-16-23(17-13-21)24-18-14-22(15-19-24)20-25-4-2/h21-24H,3-20H2,1-2H3/t21?,22-,23?,24-. The summed E-state index contributed by atoms with van der Waals surface area (Å²) in [5, 5.41) is 0. The molecule has 0 radical (unpaired) electrons. The molecule has 0 unspecified atom stereocenters. The van der Waals surface area contributed by atoms with Gasteiger partial charge in [-0.15, -0.1) is 0 Å². The van der Waals surface area contributed by atoms with E-state index in [1.165, 1.54) is 77.0 Å². The Morgan fingerprint density at radius 1 is 0.600 bits per heavy atom. The summed E-state index contributed by atoms with van der Waals surface area (Å²) in [5.41, 5.74) is 0. The Hall–Kier alpha value is -0.0400. The Kier molecular flexibility index (Phi) is 11.2. The first-order valence-corrected chi connectivity index (χ1v) is 11.9. The highest BCUT2D eigenvalue weighted by atomic mass is 16.5. The fourth-order valence-corrected chi connectivity index (χ4v) is 5.45. The molecule has 148 valence electrons. The van der Waals surface area contributed by atoms with E-state index >= 15 is 0 Å². The highest BCUT2D eigenvalue weighted by Gasteiger charge is 2.30. The normalized spacial score (nSPS) is 30.5. The molecule has 25 heavy (non-hydrogen) atoms. The second kappa shape index (κ2) is 13.2. The average molecular weight is 351 g/mol. The molecule has 0 saturated heterocycles. The summed E-state index contributed by atoms with van der Waals surface area (Å²) in [6.07, 6.45) is 23.8. The summed E-state index contributed by atoms with van der Waals surface area (Å²) in [6.45, 7) is 6.34. The fourth-order valence-electron chi connectivity index (χ4n) is 5.45. The lowest BCUT2D eigenvalue weighted by Gasteiger charge is -2.38. The van der Waals surface area contributed by atoms with E-state index in [9.17, 15) is 0 Å². The largest absolute Gasteiger partial charge is 0.381 e. The molecule has 1 nitrogen and oxygen atoms in total. The maximum absolute atomic E-state index is 5.64. The Bertz CT molecular complexity index is 297. The number of rotatable bonds is 12. The molecular weight excluding hydrogens is 304 g/mol. The summed E-state index contributed by atoms with van der Waals surface area (Å²) in [7, 11) is 0. The summed E-state index contributed by atoms with van der Waals surface area (Å²) in [5.74, 6) is 4.06. The first kappa shape index (κ1) is 21.3. The van der Waals surface area contributed by atoms with Gasteiger partial charge in [-0.25, -0.2) is 0 Å². The molecule has 0 amide bonds. The summed E-state index contributed by atoms with van der Waals surface area (Å²) in [4.78, 5) is 0. The van der Waals surface area contributed by atoms with Crippen LogP contribution in [0, 0.1) is 23.7 Å². The lowest BCUT2D eigenvalue weighted by atomic mass is 9.69. The molecule has 0 aliphatic heterocycles. The SMILES string of the molecule is CCCCCCCCCC1CCC([C@H]2CC[C@H](COCC)CC2)CC1. The first-order valence-electron chi connectivity index (χ1n) is 11.9. The molecule has 2 aliphatic rings. The van der Waals surface area contributed by atoms with E-state index < -0.39 is 0 Å². The van der Waals surface area contributed by atoms with Crippen molar-refractivity contribution in [2.24, 2.45) is 23.7 Å². The van der Waals surface area contributed by atoms with Crippen molar-refractivity contribution in [3.05, 3.63) is 0 Å². The third kappa shape index (κ3) is 8.46. The highest BCUT2D eigenvalue weighted by molar-refractivity contribution is 4.82. The van der Waals surface area contributed by atoms with Gasteiger partial charge in [-0.1, -0.05) is 71.1 Å². The van der Waals surface area contributed by atoms with Crippen molar-refractivity contribution in [3.63, 3.8) is 0 Å². The molecule has 0 aromatic carbocycles. The van der Waals surface area contributed by atoms with Gasteiger partial charge < -0.3 is 4.74 Å². The van der Waals surface area contributed by atoms with Gasteiger partial charge in [-0.2, -0.15) is 0 Å². The van der Waals surface area contributed by atoms with Crippen molar-refractivity contribution in [1.29, 1.82) is 0 Å². The summed E-state index contributed by atoms with van der Waals surface area (Å²) < 4.78 is 5.64. The summed E-state index contributed by atoms with van der Waals surface area (Å²) >= 11 is 0. The number of unbranched alkanes of at least 4 members (excludes halogenated alkanes) is 6. The van der Waals surface area contributed by atoms with Crippen LogP contribution in [0.1, 0.15) is 117 Å². The van der Waals surface area contributed by atoms with Crippen LogP contribution in [0.25, 0.3) is 0 Å². The minimum Gasteiger partial charge on any atom is -0.381 e. The van der Waals surface area contributed by atoms with E-state index in [0.717, 1.165) is 36.9 Å². The van der Waals surface area contributed by atoms with Crippen molar-refractivity contribution < 1.29 is 4.74 Å². The number of hydrogen-bond acceptors (Lipinski definition) is 1. The molecule has 0 N–H and O–H groups in total. The van der Waals surface area contributed by atoms with E-state index in [1.54, 1.807) is 25.7 Å². The third-order valence-corrected chi connectivity index (χ3v) is 7.22. The number of ether oxygens (including phenoxy) is 1. The maximum atomic E-state index is 5.64.